The van der Waals surface area contributed by atoms with Crippen molar-refractivity contribution in [2.75, 3.05) is 17.6 Å². The second kappa shape index (κ2) is 8.06. The van der Waals surface area contributed by atoms with E-state index >= 15 is 0 Å². The molecule has 0 bridgehead atoms. The SMILES string of the molecule is CC(=O)Nc1ccc(C(=O)N2CCCCC2CSC(C)(C)C)cc1. The van der Waals surface area contributed by atoms with Crippen LogP contribution in [-0.2, 0) is 4.79 Å². The Kier molecular flexibility index (Phi) is 6.33. The molecule has 1 unspecified atom stereocenters. The lowest BCUT2D eigenvalue weighted by atomic mass is 10.0. The number of anilines is 1. The fraction of sp³-hybridized carbons (Fsp3) is 0.579. The number of benzene rings is 1. The number of likely N-dealkylation sites (tertiary alicyclic amines) is 1. The van der Waals surface area contributed by atoms with Crippen molar-refractivity contribution in [3.8, 4) is 0 Å². The smallest absolute Gasteiger partial charge is 0.254 e. The molecule has 1 fully saturated rings. The van der Waals surface area contributed by atoms with Crippen molar-refractivity contribution in [2.45, 2.75) is 57.7 Å². The third-order valence-corrected chi connectivity index (χ3v) is 5.47. The van der Waals surface area contributed by atoms with E-state index in [0.29, 0.717) is 11.6 Å². The van der Waals surface area contributed by atoms with Gasteiger partial charge in [0.2, 0.25) is 5.91 Å². The van der Waals surface area contributed by atoms with Crippen molar-refractivity contribution >= 4 is 29.3 Å². The number of nitrogens with zero attached hydrogens (tertiary/aromatic N) is 1. The molecular formula is C19H28N2O2S. The third-order valence-electron chi connectivity index (χ3n) is 4.05. The van der Waals surface area contributed by atoms with E-state index in [1.165, 1.54) is 13.3 Å². The standard InChI is InChI=1S/C19H28N2O2S/c1-14(22)20-16-10-8-15(9-11-16)18(23)21-12-6-5-7-17(21)13-24-19(2,3)4/h8-11,17H,5-7,12-13H2,1-4H3,(H,20,22). The first kappa shape index (κ1) is 18.8. The lowest BCUT2D eigenvalue weighted by Crippen LogP contribution is -2.45. The molecule has 1 heterocycles. The molecule has 0 radical (unpaired) electrons. The first-order valence-electron chi connectivity index (χ1n) is 8.59. The Balaban J connectivity index is 2.06. The first-order chi connectivity index (χ1) is 11.3. The Labute approximate surface area is 149 Å². The third kappa shape index (κ3) is 5.55. The zero-order valence-electron chi connectivity index (χ0n) is 15.1. The predicted molar refractivity (Wildman–Crippen MR) is 102 cm³/mol. The van der Waals surface area contributed by atoms with Crippen molar-refractivity contribution in [1.29, 1.82) is 0 Å². The molecule has 1 aliphatic heterocycles. The minimum absolute atomic E-state index is 0.101. The Morgan fingerprint density at radius 1 is 1.21 bits per heavy atom. The number of piperidine rings is 1. The minimum atomic E-state index is -0.107. The second-order valence-electron chi connectivity index (χ2n) is 7.33. The maximum absolute atomic E-state index is 12.9. The summed E-state index contributed by atoms with van der Waals surface area (Å²) in [5.41, 5.74) is 1.41. The van der Waals surface area contributed by atoms with Gasteiger partial charge in [-0.05, 0) is 43.5 Å². The molecule has 0 aliphatic carbocycles. The van der Waals surface area contributed by atoms with Crippen LogP contribution in [0.3, 0.4) is 0 Å². The van der Waals surface area contributed by atoms with Crippen LogP contribution in [0.4, 0.5) is 5.69 Å². The maximum atomic E-state index is 12.9. The van der Waals surface area contributed by atoms with Crippen molar-refractivity contribution in [3.63, 3.8) is 0 Å². The Morgan fingerprint density at radius 2 is 1.88 bits per heavy atom. The number of carbonyl (C=O) groups is 2. The lowest BCUT2D eigenvalue weighted by Gasteiger charge is -2.37. The fourth-order valence-electron chi connectivity index (χ4n) is 2.85. The van der Waals surface area contributed by atoms with Crippen molar-refractivity contribution in [2.24, 2.45) is 0 Å². The highest BCUT2D eigenvalue weighted by Gasteiger charge is 2.28. The lowest BCUT2D eigenvalue weighted by molar-refractivity contribution is -0.114. The number of rotatable bonds is 4. The summed E-state index contributed by atoms with van der Waals surface area (Å²) in [5.74, 6) is 0.979. The summed E-state index contributed by atoms with van der Waals surface area (Å²) in [6.07, 6.45) is 3.35. The summed E-state index contributed by atoms with van der Waals surface area (Å²) in [7, 11) is 0. The molecule has 1 saturated heterocycles. The van der Waals surface area contributed by atoms with Crippen LogP contribution < -0.4 is 5.32 Å². The molecular weight excluding hydrogens is 320 g/mol. The van der Waals surface area contributed by atoms with Gasteiger partial charge in [-0.2, -0.15) is 11.8 Å². The minimum Gasteiger partial charge on any atom is -0.335 e. The van der Waals surface area contributed by atoms with Gasteiger partial charge in [-0.1, -0.05) is 20.8 Å². The molecule has 132 valence electrons. The molecule has 24 heavy (non-hydrogen) atoms. The van der Waals surface area contributed by atoms with Crippen LogP contribution in [0.25, 0.3) is 0 Å². The molecule has 1 aliphatic rings. The van der Waals surface area contributed by atoms with Gasteiger partial charge in [-0.25, -0.2) is 0 Å². The van der Waals surface area contributed by atoms with Crippen LogP contribution in [-0.4, -0.2) is 39.8 Å². The molecule has 1 atom stereocenters. The van der Waals surface area contributed by atoms with Crippen molar-refractivity contribution in [3.05, 3.63) is 29.8 Å². The average molecular weight is 349 g/mol. The van der Waals surface area contributed by atoms with E-state index in [2.05, 4.69) is 26.1 Å². The summed E-state index contributed by atoms with van der Waals surface area (Å²) < 4.78 is 0.214. The van der Waals surface area contributed by atoms with Crippen LogP contribution in [0.1, 0.15) is 57.3 Å². The van der Waals surface area contributed by atoms with E-state index in [1.807, 2.05) is 16.7 Å². The fourth-order valence-corrected chi connectivity index (χ4v) is 3.89. The van der Waals surface area contributed by atoms with E-state index in [1.54, 1.807) is 24.3 Å². The number of amides is 2. The first-order valence-corrected chi connectivity index (χ1v) is 9.57. The largest absolute Gasteiger partial charge is 0.335 e. The molecule has 5 heteroatoms. The molecule has 0 saturated carbocycles. The quantitative estimate of drug-likeness (QED) is 0.888. The van der Waals surface area contributed by atoms with Gasteiger partial charge < -0.3 is 10.2 Å². The highest BCUT2D eigenvalue weighted by Crippen LogP contribution is 2.29. The molecule has 4 nitrogen and oxygen atoms in total. The van der Waals surface area contributed by atoms with E-state index in [9.17, 15) is 9.59 Å². The van der Waals surface area contributed by atoms with Crippen LogP contribution in [0, 0.1) is 0 Å². The topological polar surface area (TPSA) is 49.4 Å². The number of nitrogens with one attached hydrogen (secondary N) is 1. The summed E-state index contributed by atoms with van der Waals surface area (Å²) in [6, 6.07) is 7.49. The molecule has 1 aromatic rings. The average Bonchev–Trinajstić information content (AvgIpc) is 2.52. The number of carbonyl (C=O) groups excluding carboxylic acids is 2. The van der Waals surface area contributed by atoms with Crippen LogP contribution in [0.2, 0.25) is 0 Å². The number of hydrogen-bond acceptors (Lipinski definition) is 3. The summed E-state index contributed by atoms with van der Waals surface area (Å²) >= 11 is 1.92. The van der Waals surface area contributed by atoms with Gasteiger partial charge in [0.25, 0.3) is 5.91 Å². The van der Waals surface area contributed by atoms with Crippen LogP contribution in [0.5, 0.6) is 0 Å². The van der Waals surface area contributed by atoms with Crippen molar-refractivity contribution in [1.82, 2.24) is 4.90 Å². The maximum Gasteiger partial charge on any atom is 0.254 e. The van der Waals surface area contributed by atoms with Gasteiger partial charge in [0.1, 0.15) is 0 Å². The molecule has 1 N–H and O–H groups in total. The van der Waals surface area contributed by atoms with E-state index in [0.717, 1.165) is 30.8 Å². The summed E-state index contributed by atoms with van der Waals surface area (Å²) in [4.78, 5) is 26.0. The van der Waals surface area contributed by atoms with E-state index < -0.39 is 0 Å². The second-order valence-corrected chi connectivity index (χ2v) is 9.18. The van der Waals surface area contributed by atoms with Crippen LogP contribution >= 0.6 is 11.8 Å². The van der Waals surface area contributed by atoms with Crippen molar-refractivity contribution < 1.29 is 9.59 Å². The highest BCUT2D eigenvalue weighted by atomic mass is 32.2. The molecule has 2 rings (SSSR count). The Hall–Kier alpha value is -1.49. The van der Waals surface area contributed by atoms with Gasteiger partial charge in [0.05, 0.1) is 0 Å². The van der Waals surface area contributed by atoms with Gasteiger partial charge in [0, 0.05) is 41.3 Å². The molecule has 1 aromatic carbocycles. The van der Waals surface area contributed by atoms with Gasteiger partial charge >= 0.3 is 0 Å². The zero-order valence-corrected chi connectivity index (χ0v) is 15.9. The molecule has 2 amide bonds. The number of hydrogen-bond donors (Lipinski definition) is 1. The van der Waals surface area contributed by atoms with E-state index in [-0.39, 0.29) is 16.6 Å². The number of thioether (sulfide) groups is 1. The molecule has 0 aromatic heterocycles. The molecule has 0 spiro atoms. The monoisotopic (exact) mass is 348 g/mol. The predicted octanol–water partition coefficient (Wildman–Crippen LogP) is 4.17. The summed E-state index contributed by atoms with van der Waals surface area (Å²) in [5, 5.41) is 2.73. The Morgan fingerprint density at radius 3 is 2.46 bits per heavy atom. The normalized spacial score (nSPS) is 18.3. The van der Waals surface area contributed by atoms with Gasteiger partial charge in [0.15, 0.2) is 0 Å². The summed E-state index contributed by atoms with van der Waals surface area (Å²) in [6.45, 7) is 8.96. The van der Waals surface area contributed by atoms with Crippen LogP contribution in [0.15, 0.2) is 24.3 Å². The highest BCUT2D eigenvalue weighted by molar-refractivity contribution is 8.00. The van der Waals surface area contributed by atoms with Gasteiger partial charge in [-0.15, -0.1) is 0 Å². The zero-order chi connectivity index (χ0) is 17.7. The van der Waals surface area contributed by atoms with E-state index in [4.69, 9.17) is 0 Å². The Bertz CT molecular complexity index is 578. The van der Waals surface area contributed by atoms with Gasteiger partial charge in [-0.3, -0.25) is 9.59 Å².